The number of rotatable bonds is 7. The van der Waals surface area contributed by atoms with E-state index < -0.39 is 18.5 Å². The molecular weight excluding hydrogens is 476 g/mol. The summed E-state index contributed by atoms with van der Waals surface area (Å²) in [5.41, 5.74) is 4.63. The maximum Gasteiger partial charge on any atom is 0.349 e. The number of benzene rings is 1. The van der Waals surface area contributed by atoms with Crippen LogP contribution in [0.15, 0.2) is 35.9 Å². The summed E-state index contributed by atoms with van der Waals surface area (Å²) in [6, 6.07) is 13.5. The van der Waals surface area contributed by atoms with E-state index in [0.717, 1.165) is 52.5 Å². The van der Waals surface area contributed by atoms with Crippen molar-refractivity contribution in [1.29, 1.82) is 10.5 Å². The van der Waals surface area contributed by atoms with Crippen LogP contribution in [0.4, 0.5) is 5.00 Å². The fourth-order valence-electron chi connectivity index (χ4n) is 4.34. The summed E-state index contributed by atoms with van der Waals surface area (Å²) in [4.78, 5) is 26.0. The molecule has 4 rings (SSSR count). The number of nitrogens with zero attached hydrogens (tertiary/aromatic N) is 3. The smallest absolute Gasteiger partial charge is 0.349 e. The van der Waals surface area contributed by atoms with E-state index in [9.17, 15) is 20.1 Å². The Hall–Kier alpha value is -4.34. The maximum atomic E-state index is 12.6. The van der Waals surface area contributed by atoms with Crippen molar-refractivity contribution in [2.75, 3.05) is 19.0 Å². The molecule has 1 aliphatic carbocycles. The Balaban J connectivity index is 1.45. The van der Waals surface area contributed by atoms with Crippen LogP contribution in [0.1, 0.15) is 39.4 Å². The zero-order chi connectivity index (χ0) is 25.8. The number of aryl methyl sites for hydroxylation is 2. The van der Waals surface area contributed by atoms with Crippen LogP contribution in [-0.4, -0.2) is 30.2 Å². The number of carbonyl (C=O) groups is 2. The fraction of sp³-hybridized carbons (Fsp3) is 0.259. The lowest BCUT2D eigenvalue weighted by atomic mass is 10.1. The predicted octanol–water partition coefficient (Wildman–Crippen LogP) is 4.61. The van der Waals surface area contributed by atoms with Gasteiger partial charge in [-0.1, -0.05) is 0 Å². The number of aromatic nitrogens is 1. The van der Waals surface area contributed by atoms with E-state index in [0.29, 0.717) is 16.1 Å². The lowest BCUT2D eigenvalue weighted by molar-refractivity contribution is -0.142. The second-order valence-electron chi connectivity index (χ2n) is 8.33. The Labute approximate surface area is 213 Å². The van der Waals surface area contributed by atoms with E-state index in [4.69, 9.17) is 9.47 Å². The first-order valence-corrected chi connectivity index (χ1v) is 12.1. The van der Waals surface area contributed by atoms with E-state index in [1.165, 1.54) is 17.4 Å². The monoisotopic (exact) mass is 500 g/mol. The topological polar surface area (TPSA) is 117 Å². The number of hydrogen-bond acceptors (Lipinski definition) is 7. The first-order valence-electron chi connectivity index (χ1n) is 11.3. The van der Waals surface area contributed by atoms with Crippen molar-refractivity contribution in [3.05, 3.63) is 68.9 Å². The van der Waals surface area contributed by atoms with Crippen molar-refractivity contribution in [1.82, 2.24) is 4.57 Å². The number of fused-ring (bicyclic) bond motifs is 1. The highest BCUT2D eigenvalue weighted by atomic mass is 32.1. The van der Waals surface area contributed by atoms with Gasteiger partial charge in [-0.25, -0.2) is 4.79 Å². The molecule has 1 amide bonds. The molecule has 0 radical (unpaired) electrons. The van der Waals surface area contributed by atoms with E-state index in [-0.39, 0.29) is 5.57 Å². The molecule has 182 valence electrons. The lowest BCUT2D eigenvalue weighted by Gasteiger charge is -2.10. The molecule has 2 heterocycles. The van der Waals surface area contributed by atoms with Crippen molar-refractivity contribution < 1.29 is 19.1 Å². The summed E-state index contributed by atoms with van der Waals surface area (Å²) >= 11 is 1.39. The van der Waals surface area contributed by atoms with Crippen LogP contribution in [0.25, 0.3) is 11.8 Å². The molecule has 2 aromatic heterocycles. The van der Waals surface area contributed by atoms with Gasteiger partial charge < -0.3 is 19.4 Å². The molecule has 9 heteroatoms. The summed E-state index contributed by atoms with van der Waals surface area (Å²) in [6.45, 7) is 3.26. The number of nitrogens with one attached hydrogen (secondary N) is 1. The van der Waals surface area contributed by atoms with Gasteiger partial charge in [0.15, 0.2) is 6.61 Å². The Bertz CT molecular complexity index is 1450. The fourth-order valence-corrected chi connectivity index (χ4v) is 5.59. The average Bonchev–Trinajstić information content (AvgIpc) is 3.53. The van der Waals surface area contributed by atoms with E-state index in [2.05, 4.69) is 11.4 Å². The third kappa shape index (κ3) is 4.88. The van der Waals surface area contributed by atoms with Gasteiger partial charge >= 0.3 is 5.97 Å². The average molecular weight is 501 g/mol. The Morgan fingerprint density at radius 3 is 2.61 bits per heavy atom. The number of hydrogen-bond donors (Lipinski definition) is 1. The van der Waals surface area contributed by atoms with Gasteiger partial charge in [-0.2, -0.15) is 10.5 Å². The molecule has 0 spiro atoms. The molecule has 0 bridgehead atoms. The highest BCUT2D eigenvalue weighted by molar-refractivity contribution is 7.16. The second kappa shape index (κ2) is 10.5. The zero-order valence-corrected chi connectivity index (χ0v) is 21.0. The van der Waals surface area contributed by atoms with Gasteiger partial charge in [-0.15, -0.1) is 11.3 Å². The normalized spacial score (nSPS) is 12.4. The van der Waals surface area contributed by atoms with E-state index in [1.807, 2.05) is 54.8 Å². The van der Waals surface area contributed by atoms with Crippen molar-refractivity contribution >= 4 is 34.3 Å². The summed E-state index contributed by atoms with van der Waals surface area (Å²) in [5, 5.41) is 22.2. The van der Waals surface area contributed by atoms with Crippen LogP contribution in [0, 0.1) is 36.5 Å². The van der Waals surface area contributed by atoms with Crippen molar-refractivity contribution in [2.24, 2.45) is 0 Å². The molecule has 0 aliphatic heterocycles. The summed E-state index contributed by atoms with van der Waals surface area (Å²) in [7, 11) is 1.60. The lowest BCUT2D eigenvalue weighted by Crippen LogP contribution is -2.21. The highest BCUT2D eigenvalue weighted by Gasteiger charge is 2.23. The molecule has 1 aromatic carbocycles. The molecule has 36 heavy (non-hydrogen) atoms. The summed E-state index contributed by atoms with van der Waals surface area (Å²) in [6.07, 6.45) is 4.19. The number of amides is 1. The predicted molar refractivity (Wildman–Crippen MR) is 136 cm³/mol. The minimum atomic E-state index is -0.893. The first-order chi connectivity index (χ1) is 17.4. The number of ether oxygens (including phenoxy) is 2. The van der Waals surface area contributed by atoms with E-state index >= 15 is 0 Å². The molecule has 3 aromatic rings. The van der Waals surface area contributed by atoms with Gasteiger partial charge in [0, 0.05) is 22.0 Å². The highest BCUT2D eigenvalue weighted by Crippen LogP contribution is 2.38. The molecule has 0 saturated carbocycles. The largest absolute Gasteiger partial charge is 0.497 e. The van der Waals surface area contributed by atoms with Crippen LogP contribution in [0.2, 0.25) is 0 Å². The quantitative estimate of drug-likeness (QED) is 0.288. The SMILES string of the molecule is COc1ccc(-n2c(C)cc(/C=C(\C#N)C(=O)OCC(=O)Nc3sc4c(c3C#N)CCC4)c2C)cc1. The van der Waals surface area contributed by atoms with Gasteiger partial charge in [0.05, 0.1) is 12.7 Å². The number of esters is 1. The molecule has 0 fully saturated rings. The standard InChI is InChI=1S/C27H24N4O4S/c1-16-11-18(17(2)31(16)20-7-9-21(34-3)10-8-20)12-19(13-28)27(33)35-15-25(32)30-26-23(14-29)22-5-4-6-24(22)36-26/h7-12H,4-6,15H2,1-3H3,(H,30,32)/b19-12+. The zero-order valence-electron chi connectivity index (χ0n) is 20.2. The van der Waals surface area contributed by atoms with Crippen LogP contribution in [0.5, 0.6) is 5.75 Å². The van der Waals surface area contributed by atoms with Crippen LogP contribution < -0.4 is 10.1 Å². The number of nitriles is 2. The number of thiophene rings is 1. The van der Waals surface area contributed by atoms with Gasteiger partial charge in [-0.3, -0.25) is 4.79 Å². The molecule has 0 unspecified atom stereocenters. The number of methoxy groups -OCH3 is 1. The molecule has 0 saturated heterocycles. The molecule has 0 atom stereocenters. The van der Waals surface area contributed by atoms with Gasteiger partial charge in [0.25, 0.3) is 5.91 Å². The third-order valence-corrected chi connectivity index (χ3v) is 7.27. The minimum absolute atomic E-state index is 0.217. The molecule has 8 nitrogen and oxygen atoms in total. The second-order valence-corrected chi connectivity index (χ2v) is 9.43. The van der Waals surface area contributed by atoms with E-state index in [1.54, 1.807) is 7.11 Å². The summed E-state index contributed by atoms with van der Waals surface area (Å²) < 4.78 is 12.3. The first kappa shape index (κ1) is 24.8. The van der Waals surface area contributed by atoms with Crippen molar-refractivity contribution in [3.63, 3.8) is 0 Å². The van der Waals surface area contributed by atoms with Gasteiger partial charge in [-0.05, 0) is 80.6 Å². The maximum absolute atomic E-state index is 12.6. The number of carbonyl (C=O) groups excluding carboxylic acids is 2. The summed E-state index contributed by atoms with van der Waals surface area (Å²) in [5.74, 6) is -0.710. The van der Waals surface area contributed by atoms with Crippen LogP contribution in [0.3, 0.4) is 0 Å². The number of anilines is 1. The third-order valence-electron chi connectivity index (χ3n) is 6.06. The molecular formula is C27H24N4O4S. The van der Waals surface area contributed by atoms with Crippen molar-refractivity contribution in [3.8, 4) is 23.6 Å². The van der Waals surface area contributed by atoms with Crippen molar-refractivity contribution in [2.45, 2.75) is 33.1 Å². The Morgan fingerprint density at radius 2 is 1.94 bits per heavy atom. The van der Waals surface area contributed by atoms with Gasteiger partial charge in [0.2, 0.25) is 0 Å². The minimum Gasteiger partial charge on any atom is -0.497 e. The Kier molecular flexibility index (Phi) is 7.23. The van der Waals surface area contributed by atoms with Crippen LogP contribution in [-0.2, 0) is 27.2 Å². The van der Waals surface area contributed by atoms with Gasteiger partial charge in [0.1, 0.15) is 28.5 Å². The van der Waals surface area contributed by atoms with Crippen LogP contribution >= 0.6 is 11.3 Å². The molecule has 1 N–H and O–H groups in total. The molecule has 1 aliphatic rings. The Morgan fingerprint density at radius 1 is 1.19 bits per heavy atom.